The second-order valence-corrected chi connectivity index (χ2v) is 6.18. The summed E-state index contributed by atoms with van der Waals surface area (Å²) in [5, 5.41) is 3.12. The number of hydrogen-bond donors (Lipinski definition) is 2. The van der Waals surface area contributed by atoms with Gasteiger partial charge >= 0.3 is 0 Å². The summed E-state index contributed by atoms with van der Waals surface area (Å²) < 4.78 is 37.4. The summed E-state index contributed by atoms with van der Waals surface area (Å²) in [7, 11) is -3.15. The van der Waals surface area contributed by atoms with Crippen LogP contribution in [0.4, 0.5) is 4.39 Å². The van der Waals surface area contributed by atoms with Crippen LogP contribution < -0.4 is 10.0 Å². The molecule has 1 atom stereocenters. The molecule has 0 saturated carbocycles. The van der Waals surface area contributed by atoms with E-state index in [1.54, 1.807) is 13.0 Å². The molecule has 0 aliphatic rings. The van der Waals surface area contributed by atoms with Crippen LogP contribution in [0.25, 0.3) is 0 Å². The molecular weight excluding hydrogens is 255 g/mol. The first-order valence-electron chi connectivity index (χ1n) is 5.73. The molecule has 0 spiro atoms. The maximum atomic E-state index is 13.4. The molecule has 2 N–H and O–H groups in total. The van der Waals surface area contributed by atoms with Crippen LogP contribution in [0.3, 0.4) is 0 Å². The Morgan fingerprint density at radius 1 is 1.33 bits per heavy atom. The topological polar surface area (TPSA) is 58.2 Å². The molecule has 1 unspecified atom stereocenters. The van der Waals surface area contributed by atoms with Crippen LogP contribution in [-0.4, -0.2) is 27.8 Å². The van der Waals surface area contributed by atoms with Crippen molar-refractivity contribution in [2.75, 3.05) is 19.3 Å². The van der Waals surface area contributed by atoms with Crippen LogP contribution in [0, 0.1) is 12.7 Å². The lowest BCUT2D eigenvalue weighted by atomic mass is 10.1. The zero-order chi connectivity index (χ0) is 13.8. The average molecular weight is 274 g/mol. The third-order valence-electron chi connectivity index (χ3n) is 2.64. The van der Waals surface area contributed by atoms with Crippen LogP contribution in [0.2, 0.25) is 0 Å². The number of halogens is 1. The predicted octanol–water partition coefficient (Wildman–Crippen LogP) is 1.33. The van der Waals surface area contributed by atoms with Crippen molar-refractivity contribution in [3.05, 3.63) is 35.1 Å². The van der Waals surface area contributed by atoms with Gasteiger partial charge in [-0.25, -0.2) is 17.5 Å². The average Bonchev–Trinajstić information content (AvgIpc) is 2.26. The van der Waals surface area contributed by atoms with Crippen molar-refractivity contribution in [2.45, 2.75) is 19.9 Å². The van der Waals surface area contributed by atoms with E-state index in [0.29, 0.717) is 18.7 Å². The van der Waals surface area contributed by atoms with Gasteiger partial charge in [-0.3, -0.25) is 0 Å². The van der Waals surface area contributed by atoms with Crippen LogP contribution in [0.15, 0.2) is 18.2 Å². The Hall–Kier alpha value is -0.980. The SMILES string of the molecule is Cc1ccc(C(C)NCCNS(C)(=O)=O)cc1F. The van der Waals surface area contributed by atoms with Crippen LogP contribution in [0.5, 0.6) is 0 Å². The van der Waals surface area contributed by atoms with Gasteiger partial charge < -0.3 is 5.32 Å². The molecule has 0 aliphatic carbocycles. The molecule has 18 heavy (non-hydrogen) atoms. The highest BCUT2D eigenvalue weighted by Gasteiger charge is 2.07. The van der Waals surface area contributed by atoms with E-state index in [9.17, 15) is 12.8 Å². The minimum absolute atomic E-state index is 0.0264. The highest BCUT2D eigenvalue weighted by molar-refractivity contribution is 7.88. The third-order valence-corrected chi connectivity index (χ3v) is 3.36. The third kappa shape index (κ3) is 5.12. The van der Waals surface area contributed by atoms with Gasteiger partial charge in [0.15, 0.2) is 0 Å². The summed E-state index contributed by atoms with van der Waals surface area (Å²) in [6.45, 7) is 4.43. The number of benzene rings is 1. The van der Waals surface area contributed by atoms with Crippen molar-refractivity contribution in [1.82, 2.24) is 10.0 Å². The van der Waals surface area contributed by atoms with Crippen molar-refractivity contribution >= 4 is 10.0 Å². The van der Waals surface area contributed by atoms with Gasteiger partial charge in [-0.05, 0) is 31.0 Å². The van der Waals surface area contributed by atoms with Gasteiger partial charge in [0.2, 0.25) is 10.0 Å². The molecule has 102 valence electrons. The lowest BCUT2D eigenvalue weighted by Crippen LogP contribution is -2.32. The number of rotatable bonds is 6. The van der Waals surface area contributed by atoms with E-state index < -0.39 is 10.0 Å². The molecule has 0 fully saturated rings. The normalized spacial score (nSPS) is 13.6. The molecule has 0 heterocycles. The van der Waals surface area contributed by atoms with E-state index in [2.05, 4.69) is 10.0 Å². The van der Waals surface area contributed by atoms with Gasteiger partial charge in [-0.1, -0.05) is 12.1 Å². The van der Waals surface area contributed by atoms with Crippen molar-refractivity contribution in [1.29, 1.82) is 0 Å². The van der Waals surface area contributed by atoms with Crippen molar-refractivity contribution in [2.24, 2.45) is 0 Å². The second-order valence-electron chi connectivity index (χ2n) is 4.35. The summed E-state index contributed by atoms with van der Waals surface area (Å²) in [6.07, 6.45) is 1.12. The lowest BCUT2D eigenvalue weighted by Gasteiger charge is -2.14. The standard InChI is InChI=1S/C12H19FN2O2S/c1-9-4-5-11(8-12(9)13)10(2)14-6-7-15-18(3,16)17/h4-5,8,10,14-15H,6-7H2,1-3H3. The van der Waals surface area contributed by atoms with Crippen LogP contribution in [-0.2, 0) is 10.0 Å². The summed E-state index contributed by atoms with van der Waals surface area (Å²) in [5.41, 5.74) is 1.46. The Labute approximate surface area is 108 Å². The molecule has 0 radical (unpaired) electrons. The Balaban J connectivity index is 2.45. The summed E-state index contributed by atoms with van der Waals surface area (Å²) in [5.74, 6) is -0.226. The van der Waals surface area contributed by atoms with E-state index in [4.69, 9.17) is 0 Å². The molecule has 6 heteroatoms. The summed E-state index contributed by atoms with van der Waals surface area (Å²) in [4.78, 5) is 0. The second kappa shape index (κ2) is 6.26. The fourth-order valence-corrected chi connectivity index (χ4v) is 1.99. The summed E-state index contributed by atoms with van der Waals surface area (Å²) in [6, 6.07) is 5.07. The van der Waals surface area contributed by atoms with E-state index in [1.165, 1.54) is 6.07 Å². The highest BCUT2D eigenvalue weighted by Crippen LogP contribution is 2.15. The van der Waals surface area contributed by atoms with Crippen LogP contribution >= 0.6 is 0 Å². The van der Waals surface area contributed by atoms with Gasteiger partial charge in [-0.2, -0.15) is 0 Å². The number of sulfonamides is 1. The first-order chi connectivity index (χ1) is 8.29. The molecule has 0 aliphatic heterocycles. The molecule has 0 saturated heterocycles. The maximum absolute atomic E-state index is 13.4. The number of nitrogens with one attached hydrogen (secondary N) is 2. The fraction of sp³-hybridized carbons (Fsp3) is 0.500. The zero-order valence-electron chi connectivity index (χ0n) is 10.8. The quantitative estimate of drug-likeness (QED) is 0.770. The monoisotopic (exact) mass is 274 g/mol. The van der Waals surface area contributed by atoms with E-state index in [0.717, 1.165) is 11.8 Å². The minimum Gasteiger partial charge on any atom is -0.309 e. The molecule has 0 aromatic heterocycles. The first-order valence-corrected chi connectivity index (χ1v) is 7.63. The smallest absolute Gasteiger partial charge is 0.208 e. The Kier molecular flexibility index (Phi) is 5.25. The lowest BCUT2D eigenvalue weighted by molar-refractivity contribution is 0.551. The predicted molar refractivity (Wildman–Crippen MR) is 70.4 cm³/mol. The molecule has 0 bridgehead atoms. The van der Waals surface area contributed by atoms with E-state index >= 15 is 0 Å². The van der Waals surface area contributed by atoms with E-state index in [1.807, 2.05) is 13.0 Å². The van der Waals surface area contributed by atoms with E-state index in [-0.39, 0.29) is 11.9 Å². The van der Waals surface area contributed by atoms with Crippen molar-refractivity contribution in [3.8, 4) is 0 Å². The molecular formula is C12H19FN2O2S. The number of hydrogen-bond acceptors (Lipinski definition) is 3. The van der Waals surface area contributed by atoms with Gasteiger partial charge in [0.25, 0.3) is 0 Å². The minimum atomic E-state index is -3.15. The van der Waals surface area contributed by atoms with Gasteiger partial charge in [0.1, 0.15) is 5.82 Å². The molecule has 0 amide bonds. The molecule has 1 rings (SSSR count). The van der Waals surface area contributed by atoms with Crippen molar-refractivity contribution < 1.29 is 12.8 Å². The fourth-order valence-electron chi connectivity index (χ4n) is 1.52. The largest absolute Gasteiger partial charge is 0.309 e. The highest BCUT2D eigenvalue weighted by atomic mass is 32.2. The van der Waals surface area contributed by atoms with Gasteiger partial charge in [-0.15, -0.1) is 0 Å². The van der Waals surface area contributed by atoms with Gasteiger partial charge in [0, 0.05) is 19.1 Å². The summed E-state index contributed by atoms with van der Waals surface area (Å²) >= 11 is 0. The Morgan fingerprint density at radius 3 is 2.56 bits per heavy atom. The first kappa shape index (κ1) is 15.1. The molecule has 1 aromatic rings. The zero-order valence-corrected chi connectivity index (χ0v) is 11.6. The van der Waals surface area contributed by atoms with Crippen molar-refractivity contribution in [3.63, 3.8) is 0 Å². The Morgan fingerprint density at radius 2 is 2.00 bits per heavy atom. The molecule has 1 aromatic carbocycles. The number of aryl methyl sites for hydroxylation is 1. The van der Waals surface area contributed by atoms with Gasteiger partial charge in [0.05, 0.1) is 6.26 Å². The van der Waals surface area contributed by atoms with Crippen LogP contribution in [0.1, 0.15) is 24.1 Å². The maximum Gasteiger partial charge on any atom is 0.208 e. The molecule has 4 nitrogen and oxygen atoms in total. The Bertz CT molecular complexity index is 503.